The van der Waals surface area contributed by atoms with E-state index in [1.807, 2.05) is 67.6 Å². The molecule has 2 amide bonds. The van der Waals surface area contributed by atoms with Crippen LogP contribution in [0.5, 0.6) is 0 Å². The average Bonchev–Trinajstić information content (AvgIpc) is 1.63. The summed E-state index contributed by atoms with van der Waals surface area (Å²) in [4.78, 5) is 85.0. The van der Waals surface area contributed by atoms with Crippen LogP contribution in [0.1, 0.15) is 264 Å². The van der Waals surface area contributed by atoms with Crippen LogP contribution in [0.2, 0.25) is 0 Å². The van der Waals surface area contributed by atoms with E-state index >= 15 is 0 Å². The Morgan fingerprint density at radius 1 is 0.424 bits per heavy atom. The van der Waals surface area contributed by atoms with Crippen LogP contribution in [0.15, 0.2) is 107 Å². The van der Waals surface area contributed by atoms with Crippen LogP contribution in [-0.2, 0) is 49.5 Å². The zero-order chi connectivity index (χ0) is 71.0. The molecule has 2 aliphatic rings. The van der Waals surface area contributed by atoms with Gasteiger partial charge in [0.2, 0.25) is 0 Å². The van der Waals surface area contributed by atoms with E-state index in [-0.39, 0.29) is 49.4 Å². The highest BCUT2D eigenvalue weighted by Gasteiger charge is 2.32. The van der Waals surface area contributed by atoms with Gasteiger partial charge in [-0.25, -0.2) is 19.2 Å². The van der Waals surface area contributed by atoms with E-state index in [4.69, 9.17) is 48.9 Å². The number of esters is 1. The van der Waals surface area contributed by atoms with Gasteiger partial charge in [-0.2, -0.15) is 0 Å². The second-order valence-electron chi connectivity index (χ2n) is 26.3. The molecule has 0 spiro atoms. The number of aromatic nitrogens is 4. The van der Waals surface area contributed by atoms with Gasteiger partial charge in [0.15, 0.2) is 9.54 Å². The van der Waals surface area contributed by atoms with Crippen LogP contribution in [0.25, 0.3) is 22.3 Å². The normalized spacial score (nSPS) is 12.5. The molecule has 0 fully saturated rings. The van der Waals surface area contributed by atoms with E-state index in [1.165, 1.54) is 135 Å². The molecule has 0 aliphatic heterocycles. The number of fused-ring (bicyclic) bond motifs is 6. The first-order valence-electron chi connectivity index (χ1n) is 37.1. The van der Waals surface area contributed by atoms with Crippen LogP contribution >= 0.6 is 24.4 Å². The van der Waals surface area contributed by atoms with Crippen molar-refractivity contribution in [2.24, 2.45) is 0 Å². The Labute approximate surface area is 597 Å². The van der Waals surface area contributed by atoms with Crippen molar-refractivity contribution in [1.82, 2.24) is 30.6 Å². The molecule has 99 heavy (non-hydrogen) atoms. The Morgan fingerprint density at radius 2 is 0.747 bits per heavy atom. The van der Waals surface area contributed by atoms with Gasteiger partial charge in [0, 0.05) is 41.0 Å². The molecular weight excluding hydrogens is 1290 g/mol. The predicted molar refractivity (Wildman–Crippen MR) is 401 cm³/mol. The van der Waals surface area contributed by atoms with Gasteiger partial charge in [0.05, 0.1) is 6.61 Å². The first kappa shape index (κ1) is 80.5. The minimum absolute atomic E-state index is 0.0342. The summed E-state index contributed by atoms with van der Waals surface area (Å²) in [5.41, 5.74) is 12.2. The number of aliphatic carboxylic acids is 1. The third kappa shape index (κ3) is 27.2. The van der Waals surface area contributed by atoms with Gasteiger partial charge >= 0.3 is 24.1 Å². The second kappa shape index (κ2) is 46.0. The minimum atomic E-state index is -1.06. The molecule has 2 aromatic heterocycles. The average molecular weight is 1400 g/mol. The first-order valence-corrected chi connectivity index (χ1v) is 38.0. The predicted octanol–water partition coefficient (Wildman–Crippen LogP) is 18.5. The van der Waals surface area contributed by atoms with E-state index in [2.05, 4.69) is 80.8 Å². The van der Waals surface area contributed by atoms with Gasteiger partial charge in [-0.3, -0.25) is 19.6 Å². The second-order valence-corrected chi connectivity index (χ2v) is 27.1. The van der Waals surface area contributed by atoms with E-state index in [0.717, 1.165) is 92.7 Å². The molecule has 2 aliphatic carbocycles. The molecular formula is C80H112N6O11S2. The molecule has 17 nitrogen and oxygen atoms in total. The Hall–Kier alpha value is -7.48. The molecule has 2 heterocycles. The van der Waals surface area contributed by atoms with Crippen molar-refractivity contribution in [2.75, 3.05) is 26.4 Å². The van der Waals surface area contributed by atoms with Crippen molar-refractivity contribution in [3.8, 4) is 22.3 Å². The smallest absolute Gasteiger partial charge is 0.407 e. The third-order valence-electron chi connectivity index (χ3n) is 18.9. The number of hydrogen-bond acceptors (Lipinski definition) is 12. The zero-order valence-electron chi connectivity index (χ0n) is 59.4. The number of aliphatic hydroxyl groups excluding tert-OH is 1. The Morgan fingerprint density at radius 3 is 1.08 bits per heavy atom. The molecule has 0 saturated heterocycles. The van der Waals surface area contributed by atoms with Gasteiger partial charge in [0.25, 0.3) is 11.1 Å². The number of aryl methyl sites for hydroxylation is 2. The summed E-state index contributed by atoms with van der Waals surface area (Å²) >= 11 is 10.3. The van der Waals surface area contributed by atoms with Gasteiger partial charge in [-0.1, -0.05) is 266 Å². The Balaban J connectivity index is 0.000000259. The maximum Gasteiger partial charge on any atom is 0.407 e. The maximum atomic E-state index is 12.9. The number of benzene rings is 4. The molecule has 19 heteroatoms. The lowest BCUT2D eigenvalue weighted by atomic mass is 9.98. The number of amides is 2. The van der Waals surface area contributed by atoms with Gasteiger partial charge in [-0.05, 0) is 133 Å². The monoisotopic (exact) mass is 1400 g/mol. The molecule has 0 bridgehead atoms. The quantitative estimate of drug-likeness (QED) is 0.00768. The van der Waals surface area contributed by atoms with Crippen LogP contribution < -0.4 is 21.8 Å². The summed E-state index contributed by atoms with van der Waals surface area (Å²) in [6.45, 7) is 8.66. The molecule has 0 saturated carbocycles. The van der Waals surface area contributed by atoms with Gasteiger partial charge in [-0.15, -0.1) is 0 Å². The molecule has 0 radical (unpaired) electrons. The number of unbranched alkanes of at least 4 members (excludes halogenated alkanes) is 22. The highest BCUT2D eigenvalue weighted by Crippen LogP contribution is 2.46. The number of carboxylic acid groups (broad SMARTS) is 1. The number of nitrogens with one attached hydrogen (secondary N) is 6. The molecule has 4 aromatic carbocycles. The first-order chi connectivity index (χ1) is 48.2. The molecule has 540 valence electrons. The lowest BCUT2D eigenvalue weighted by Gasteiger charge is -2.18. The summed E-state index contributed by atoms with van der Waals surface area (Å²) in [5.74, 6) is -1.67. The van der Waals surface area contributed by atoms with Crippen molar-refractivity contribution in [3.63, 3.8) is 0 Å². The van der Waals surface area contributed by atoms with Crippen LogP contribution in [0, 0.1) is 9.54 Å². The highest BCUT2D eigenvalue weighted by molar-refractivity contribution is 7.71. The molecule has 2 atom stereocenters. The number of aliphatic hydroxyl groups is 1. The van der Waals surface area contributed by atoms with Crippen molar-refractivity contribution >= 4 is 48.6 Å². The van der Waals surface area contributed by atoms with Crippen molar-refractivity contribution < 1.29 is 43.6 Å². The van der Waals surface area contributed by atoms with Crippen LogP contribution in [0.3, 0.4) is 0 Å². The number of H-pyrrole nitrogens is 4. The number of aromatic amines is 4. The fraction of sp³-hybridized carbons (Fsp3) is 0.550. The summed E-state index contributed by atoms with van der Waals surface area (Å²) in [7, 11) is 0. The van der Waals surface area contributed by atoms with E-state index in [9.17, 15) is 28.8 Å². The fourth-order valence-electron chi connectivity index (χ4n) is 13.4. The molecule has 8 N–H and O–H groups in total. The van der Waals surface area contributed by atoms with Crippen molar-refractivity contribution in [2.45, 2.75) is 257 Å². The standard InChI is InChI=1S/C40H55N3O5S.C21H38N2O2S.C19H19NO4/c1-3-5-6-7-8-9-10-11-12-13-14-15-25-33-36(41-39(49)43-37(33)44)26-20-27-47-38(45)35(4-2)42-40(46)48-28-34-31-23-18-16-21-29(31)30-22-17-19-24-32(30)34;1-2-3-4-5-6-7-8-9-10-11-12-13-15-18-19(16-14-17-24)22-21(26)23-20(18)25;1-2-17(18(21)22)20-19(23)24-11-16-14-9-5-3-7-12(14)13-8-4-6-10-15(13)16/h16-19,21-24,34-35H,3-15,20,25-28H2,1-2H3,(H,42,46)(H2,41,43,44,49);24H,2-17H2,1H3,(H2,22,23,25,26);3-10,16-17H,2,11H2,1H3,(H,20,23)(H,21,22). The molecule has 6 aromatic rings. The number of hydrogen-bond donors (Lipinski definition) is 8. The highest BCUT2D eigenvalue weighted by atomic mass is 32.1. The van der Waals surface area contributed by atoms with E-state index < -0.39 is 36.2 Å². The Kier molecular flexibility index (Phi) is 37.4. The summed E-state index contributed by atoms with van der Waals surface area (Å²) in [6.07, 6.45) is 34.1. The number of carbonyl (C=O) groups excluding carboxylic acids is 3. The fourth-order valence-corrected chi connectivity index (χ4v) is 13.8. The summed E-state index contributed by atoms with van der Waals surface area (Å²) < 4.78 is 17.1. The third-order valence-corrected chi connectivity index (χ3v) is 19.3. The van der Waals surface area contributed by atoms with Gasteiger partial charge in [0.1, 0.15) is 25.3 Å². The summed E-state index contributed by atoms with van der Waals surface area (Å²) in [5, 5.41) is 23.1. The SMILES string of the molecule is CCC(NC(=O)OCC1c2ccccc2-c2ccccc21)C(=O)O.CCCCCCCCCCCCCCc1c(CCCO)[nH]c(=S)[nH]c1=O.CCCCCCCCCCCCCCc1c(CCCOC(=O)C(CC)NC(=O)OCC2c3ccccc3-c3ccccc32)[nH]c(=S)[nH]c1=O. The Bertz CT molecular complexity index is 3560. The number of ether oxygens (including phenoxy) is 3. The lowest BCUT2D eigenvalue weighted by molar-refractivity contribution is -0.146. The minimum Gasteiger partial charge on any atom is -0.480 e. The largest absolute Gasteiger partial charge is 0.480 e. The molecule has 2 unspecified atom stereocenters. The lowest BCUT2D eigenvalue weighted by Crippen LogP contribution is -2.42. The number of carboxylic acids is 1. The van der Waals surface area contributed by atoms with Gasteiger partial charge < -0.3 is 45.0 Å². The van der Waals surface area contributed by atoms with E-state index in [1.54, 1.807) is 6.92 Å². The van der Waals surface area contributed by atoms with Crippen molar-refractivity contribution in [1.29, 1.82) is 0 Å². The zero-order valence-corrected chi connectivity index (χ0v) is 61.0. The van der Waals surface area contributed by atoms with Crippen LogP contribution in [0.4, 0.5) is 9.59 Å². The molecule has 8 rings (SSSR count). The maximum absolute atomic E-state index is 12.9. The van der Waals surface area contributed by atoms with Crippen molar-refractivity contribution in [3.05, 3.63) is 172 Å². The summed E-state index contributed by atoms with van der Waals surface area (Å²) in [6, 6.07) is 30.7. The van der Waals surface area contributed by atoms with Crippen LogP contribution in [-0.4, -0.2) is 92.8 Å². The number of rotatable bonds is 43. The van der Waals surface area contributed by atoms with E-state index in [0.29, 0.717) is 54.5 Å². The topological polar surface area (TPSA) is 258 Å². The number of carbonyl (C=O) groups is 4. The number of alkyl carbamates (subject to hydrolysis) is 2.